The molecule has 1 aromatic carbocycles. The van der Waals surface area contributed by atoms with Crippen LogP contribution in [0.5, 0.6) is 11.5 Å². The van der Waals surface area contributed by atoms with Gasteiger partial charge in [-0.05, 0) is 18.6 Å². The second-order valence-corrected chi connectivity index (χ2v) is 6.05. The van der Waals surface area contributed by atoms with Gasteiger partial charge in [0, 0.05) is 10.9 Å². The number of hydrogen-bond acceptors (Lipinski definition) is 4. The lowest BCUT2D eigenvalue weighted by atomic mass is 10.1. The molecule has 0 aliphatic carbocycles. The van der Waals surface area contributed by atoms with Crippen LogP contribution in [0.3, 0.4) is 0 Å². The van der Waals surface area contributed by atoms with Gasteiger partial charge < -0.3 is 9.47 Å². The SMILES string of the molecule is CCCCCCCCOc1cccc(-c2cscn2)c1OC. The van der Waals surface area contributed by atoms with Crippen LogP contribution in [0.15, 0.2) is 29.1 Å². The van der Waals surface area contributed by atoms with E-state index in [2.05, 4.69) is 11.9 Å². The van der Waals surface area contributed by atoms with Gasteiger partial charge in [0.25, 0.3) is 0 Å². The molecule has 0 aliphatic rings. The maximum atomic E-state index is 5.92. The molecular formula is C18H25NO2S. The summed E-state index contributed by atoms with van der Waals surface area (Å²) in [7, 11) is 1.68. The Morgan fingerprint density at radius 1 is 1.09 bits per heavy atom. The molecule has 3 nitrogen and oxygen atoms in total. The fourth-order valence-corrected chi connectivity index (χ4v) is 3.00. The molecule has 0 fully saturated rings. The molecule has 0 saturated heterocycles. The van der Waals surface area contributed by atoms with E-state index in [-0.39, 0.29) is 0 Å². The van der Waals surface area contributed by atoms with Crippen molar-refractivity contribution in [2.24, 2.45) is 0 Å². The number of hydrogen-bond donors (Lipinski definition) is 0. The monoisotopic (exact) mass is 319 g/mol. The average molecular weight is 319 g/mol. The Hall–Kier alpha value is -1.55. The second-order valence-electron chi connectivity index (χ2n) is 5.33. The van der Waals surface area contributed by atoms with Crippen molar-refractivity contribution < 1.29 is 9.47 Å². The highest BCUT2D eigenvalue weighted by molar-refractivity contribution is 7.07. The van der Waals surface area contributed by atoms with Crippen LogP contribution in [0, 0.1) is 0 Å². The van der Waals surface area contributed by atoms with Gasteiger partial charge in [0.15, 0.2) is 11.5 Å². The zero-order valence-electron chi connectivity index (χ0n) is 13.5. The lowest BCUT2D eigenvalue weighted by Gasteiger charge is -2.13. The van der Waals surface area contributed by atoms with Crippen LogP contribution in [-0.4, -0.2) is 18.7 Å². The summed E-state index contributed by atoms with van der Waals surface area (Å²) in [6.45, 7) is 2.98. The molecule has 0 bridgehead atoms. The second kappa shape index (κ2) is 9.46. The molecule has 2 rings (SSSR count). The van der Waals surface area contributed by atoms with Gasteiger partial charge in [-0.3, -0.25) is 0 Å². The van der Waals surface area contributed by atoms with Crippen molar-refractivity contribution in [2.45, 2.75) is 45.4 Å². The Labute approximate surface area is 137 Å². The molecule has 0 aliphatic heterocycles. The number of unbranched alkanes of at least 4 members (excludes halogenated alkanes) is 5. The highest BCUT2D eigenvalue weighted by Crippen LogP contribution is 2.37. The van der Waals surface area contributed by atoms with Crippen molar-refractivity contribution in [3.8, 4) is 22.8 Å². The van der Waals surface area contributed by atoms with Crippen LogP contribution >= 0.6 is 11.3 Å². The molecule has 2 aromatic rings. The Bertz CT molecular complexity index is 540. The first kappa shape index (κ1) is 16.8. The minimum atomic E-state index is 0.739. The molecule has 1 aromatic heterocycles. The van der Waals surface area contributed by atoms with E-state index in [4.69, 9.17) is 9.47 Å². The van der Waals surface area contributed by atoms with Gasteiger partial charge in [-0.25, -0.2) is 4.98 Å². The molecule has 4 heteroatoms. The van der Waals surface area contributed by atoms with E-state index < -0.39 is 0 Å². The minimum absolute atomic E-state index is 0.739. The summed E-state index contributed by atoms with van der Waals surface area (Å²) >= 11 is 1.58. The third kappa shape index (κ3) is 4.73. The third-order valence-electron chi connectivity index (χ3n) is 3.65. The van der Waals surface area contributed by atoms with Crippen molar-refractivity contribution in [3.63, 3.8) is 0 Å². The summed E-state index contributed by atoms with van der Waals surface area (Å²) < 4.78 is 11.5. The highest BCUT2D eigenvalue weighted by atomic mass is 32.1. The molecule has 120 valence electrons. The zero-order chi connectivity index (χ0) is 15.6. The van der Waals surface area contributed by atoms with Gasteiger partial charge in [-0.15, -0.1) is 11.3 Å². The predicted molar refractivity (Wildman–Crippen MR) is 93.0 cm³/mol. The van der Waals surface area contributed by atoms with E-state index >= 15 is 0 Å². The number of methoxy groups -OCH3 is 1. The summed E-state index contributed by atoms with van der Waals surface area (Å²) in [5.41, 5.74) is 3.76. The van der Waals surface area contributed by atoms with E-state index in [0.717, 1.165) is 35.8 Å². The largest absolute Gasteiger partial charge is 0.492 e. The van der Waals surface area contributed by atoms with Crippen LogP contribution < -0.4 is 9.47 Å². The number of para-hydroxylation sites is 1. The summed E-state index contributed by atoms with van der Waals surface area (Å²) in [6, 6.07) is 5.98. The first-order chi connectivity index (χ1) is 10.9. The lowest BCUT2D eigenvalue weighted by Crippen LogP contribution is -2.00. The quantitative estimate of drug-likeness (QED) is 0.537. The Balaban J connectivity index is 1.90. The van der Waals surface area contributed by atoms with Gasteiger partial charge >= 0.3 is 0 Å². The van der Waals surface area contributed by atoms with Gasteiger partial charge in [0.05, 0.1) is 24.9 Å². The van der Waals surface area contributed by atoms with Crippen LogP contribution in [0.1, 0.15) is 45.4 Å². The van der Waals surface area contributed by atoms with E-state index in [1.807, 2.05) is 29.1 Å². The maximum absolute atomic E-state index is 5.92. The number of benzene rings is 1. The van der Waals surface area contributed by atoms with Crippen molar-refractivity contribution in [1.82, 2.24) is 4.98 Å². The topological polar surface area (TPSA) is 31.4 Å². The minimum Gasteiger partial charge on any atom is -0.492 e. The van der Waals surface area contributed by atoms with Crippen LogP contribution in [0.2, 0.25) is 0 Å². The van der Waals surface area contributed by atoms with E-state index in [1.165, 1.54) is 32.1 Å². The van der Waals surface area contributed by atoms with Crippen LogP contribution in [0.4, 0.5) is 0 Å². The summed E-state index contributed by atoms with van der Waals surface area (Å²) in [6.07, 6.45) is 7.58. The zero-order valence-corrected chi connectivity index (χ0v) is 14.3. The molecule has 0 radical (unpaired) electrons. The third-order valence-corrected chi connectivity index (χ3v) is 4.23. The van der Waals surface area contributed by atoms with E-state index in [0.29, 0.717) is 0 Å². The van der Waals surface area contributed by atoms with Crippen LogP contribution in [0.25, 0.3) is 11.3 Å². The average Bonchev–Trinajstić information content (AvgIpc) is 3.08. The standard InChI is InChI=1S/C18H25NO2S/c1-3-4-5-6-7-8-12-21-17-11-9-10-15(18(17)20-2)16-13-22-14-19-16/h9-11,13-14H,3-8,12H2,1-2H3. The molecule has 0 spiro atoms. The van der Waals surface area contributed by atoms with Gasteiger partial charge in [-0.1, -0.05) is 45.1 Å². The summed E-state index contributed by atoms with van der Waals surface area (Å²) in [4.78, 5) is 4.36. The fourth-order valence-electron chi connectivity index (χ4n) is 2.45. The number of ether oxygens (including phenoxy) is 2. The van der Waals surface area contributed by atoms with Gasteiger partial charge in [-0.2, -0.15) is 0 Å². The number of aromatic nitrogens is 1. The van der Waals surface area contributed by atoms with E-state index in [1.54, 1.807) is 18.4 Å². The first-order valence-electron chi connectivity index (χ1n) is 8.05. The summed E-state index contributed by atoms with van der Waals surface area (Å²) in [5.74, 6) is 1.58. The number of nitrogens with zero attached hydrogens (tertiary/aromatic N) is 1. The van der Waals surface area contributed by atoms with Gasteiger partial charge in [0.2, 0.25) is 0 Å². The molecule has 1 heterocycles. The molecule has 0 unspecified atom stereocenters. The smallest absolute Gasteiger partial charge is 0.170 e. The Morgan fingerprint density at radius 2 is 1.91 bits per heavy atom. The van der Waals surface area contributed by atoms with Gasteiger partial charge in [0.1, 0.15) is 0 Å². The number of rotatable bonds is 10. The normalized spacial score (nSPS) is 10.6. The maximum Gasteiger partial charge on any atom is 0.170 e. The molecule has 0 amide bonds. The molecule has 22 heavy (non-hydrogen) atoms. The first-order valence-corrected chi connectivity index (χ1v) is 8.99. The van der Waals surface area contributed by atoms with Crippen molar-refractivity contribution >= 4 is 11.3 Å². The van der Waals surface area contributed by atoms with Crippen molar-refractivity contribution in [2.75, 3.05) is 13.7 Å². The Morgan fingerprint density at radius 3 is 2.64 bits per heavy atom. The molecule has 0 N–H and O–H groups in total. The lowest BCUT2D eigenvalue weighted by molar-refractivity contribution is 0.285. The van der Waals surface area contributed by atoms with E-state index in [9.17, 15) is 0 Å². The highest BCUT2D eigenvalue weighted by Gasteiger charge is 2.13. The van der Waals surface area contributed by atoms with Crippen LogP contribution in [-0.2, 0) is 0 Å². The Kier molecular flexibility index (Phi) is 7.23. The molecule has 0 atom stereocenters. The number of thiazole rings is 1. The predicted octanol–water partition coefficient (Wildman–Crippen LogP) is 5.56. The van der Waals surface area contributed by atoms with Crippen molar-refractivity contribution in [3.05, 3.63) is 29.1 Å². The van der Waals surface area contributed by atoms with Crippen molar-refractivity contribution in [1.29, 1.82) is 0 Å². The fraction of sp³-hybridized carbons (Fsp3) is 0.500. The summed E-state index contributed by atoms with van der Waals surface area (Å²) in [5, 5.41) is 2.02. The molecule has 0 saturated carbocycles. The molecular weight excluding hydrogens is 294 g/mol.